The van der Waals surface area contributed by atoms with E-state index in [1.165, 1.54) is 66.7 Å². The number of hydrogen-bond donors (Lipinski definition) is 17. The van der Waals surface area contributed by atoms with Gasteiger partial charge in [-0.25, -0.2) is 0 Å². The summed E-state index contributed by atoms with van der Waals surface area (Å²) in [4.78, 5) is 0. The number of aliphatic hydroxyl groups is 2. The van der Waals surface area contributed by atoms with Gasteiger partial charge in [0.15, 0.2) is 46.7 Å². The van der Waals surface area contributed by atoms with Gasteiger partial charge in [0.05, 0.1) is 11.8 Å². The standard InChI is InChI=1S/C59H48O20/c60-28-8-3-23(4-9-28)1-2-24-13-37(68)48(38(69)14-24)52-49-42(73)22-43(74)51(59(49)79-56(54(52)75)26-6-11-32(63)35(66)16-26)53-50-41(72)21-40(71)47(58(50)78-57(55(53)76)27-7-12-33(64)36(67)17-27)30-20-44(25-5-10-31(62)34(65)15-25)77-45-19-29(61)18-39(70)46(30)45/h1-19,21-22,30,44,52-57,60-76H,20H2/b2-1+/t30?,44-,52?,53?,54+,55+,56+,57+/m0/s1. The molecule has 20 nitrogen and oxygen atoms in total. The van der Waals surface area contributed by atoms with Crippen LogP contribution in [0.3, 0.4) is 0 Å². The average molecular weight is 1080 g/mol. The quantitative estimate of drug-likeness (QED) is 0.0502. The van der Waals surface area contributed by atoms with Crippen molar-refractivity contribution >= 4 is 12.2 Å². The normalized spacial score (nSPS) is 21.2. The van der Waals surface area contributed by atoms with Gasteiger partial charge in [0, 0.05) is 70.0 Å². The van der Waals surface area contributed by atoms with Crippen molar-refractivity contribution in [3.05, 3.63) is 176 Å². The van der Waals surface area contributed by atoms with Crippen LogP contribution in [0, 0.1) is 0 Å². The summed E-state index contributed by atoms with van der Waals surface area (Å²) in [7, 11) is 0. The van der Waals surface area contributed by atoms with E-state index in [9.17, 15) is 86.8 Å². The highest BCUT2D eigenvalue weighted by molar-refractivity contribution is 5.75. The second-order valence-electron chi connectivity index (χ2n) is 19.6. The van der Waals surface area contributed by atoms with Crippen molar-refractivity contribution in [1.29, 1.82) is 0 Å². The van der Waals surface area contributed by atoms with Gasteiger partial charge in [-0.1, -0.05) is 42.5 Å². The first-order valence-electron chi connectivity index (χ1n) is 24.3. The van der Waals surface area contributed by atoms with Crippen molar-refractivity contribution in [2.45, 2.75) is 54.7 Å². The van der Waals surface area contributed by atoms with Crippen LogP contribution in [-0.4, -0.2) is 99.0 Å². The largest absolute Gasteiger partial charge is 0.508 e. The third-order valence-electron chi connectivity index (χ3n) is 14.7. The zero-order chi connectivity index (χ0) is 56.0. The SMILES string of the molecule is Oc1ccc(/C=C/c2cc(O)c(C3c4c(O)cc(O)c(C5c6c(O)cc(O)c(C7C[C@@H](c8ccc(O)c(O)c8)Oc8cc(O)cc(O)c87)c6O[C@H](c6ccc(O)c(O)c6)[C@@H]5O)c4O[C@H](c4ccc(O)c(O)c4)[C@@H]3O)c(O)c2)cc1. The smallest absolute Gasteiger partial charge is 0.157 e. The lowest BCUT2D eigenvalue weighted by Gasteiger charge is -2.43. The van der Waals surface area contributed by atoms with Gasteiger partial charge in [-0.2, -0.15) is 0 Å². The van der Waals surface area contributed by atoms with Crippen molar-refractivity contribution in [3.63, 3.8) is 0 Å². The van der Waals surface area contributed by atoms with Gasteiger partial charge in [-0.3, -0.25) is 0 Å². The molecule has 79 heavy (non-hydrogen) atoms. The Balaban J connectivity index is 1.16. The van der Waals surface area contributed by atoms with Gasteiger partial charge in [0.2, 0.25) is 0 Å². The van der Waals surface area contributed by atoms with E-state index < -0.39 is 151 Å². The first-order chi connectivity index (χ1) is 37.7. The average Bonchev–Trinajstić information content (AvgIpc) is 3.34. The lowest BCUT2D eigenvalue weighted by molar-refractivity contribution is -0.00407. The number of phenols is 15. The Morgan fingerprint density at radius 2 is 0.747 bits per heavy atom. The summed E-state index contributed by atoms with van der Waals surface area (Å²) in [6.45, 7) is 0. The van der Waals surface area contributed by atoms with Gasteiger partial charge in [-0.15, -0.1) is 0 Å². The van der Waals surface area contributed by atoms with Crippen molar-refractivity contribution in [2.75, 3.05) is 0 Å². The Hall–Kier alpha value is -10.2. The van der Waals surface area contributed by atoms with Gasteiger partial charge in [-0.05, 0) is 88.5 Å². The monoisotopic (exact) mass is 1080 g/mol. The molecule has 17 N–H and O–H groups in total. The third-order valence-corrected chi connectivity index (χ3v) is 14.7. The zero-order valence-corrected chi connectivity index (χ0v) is 40.8. The molecule has 0 saturated carbocycles. The van der Waals surface area contributed by atoms with E-state index >= 15 is 0 Å². The molecule has 3 aliphatic heterocycles. The fraction of sp³-hybridized carbons (Fsp3) is 0.153. The summed E-state index contributed by atoms with van der Waals surface area (Å²) < 4.78 is 19.5. The molecule has 20 heteroatoms. The van der Waals surface area contributed by atoms with E-state index in [0.717, 1.165) is 42.5 Å². The predicted octanol–water partition coefficient (Wildman–Crippen LogP) is 8.35. The second-order valence-corrected chi connectivity index (χ2v) is 19.6. The van der Waals surface area contributed by atoms with Crippen molar-refractivity contribution < 1.29 is 101 Å². The summed E-state index contributed by atoms with van der Waals surface area (Å²) in [6, 6.07) is 23.2. The number of benzene rings is 8. The van der Waals surface area contributed by atoms with Crippen LogP contribution in [0.4, 0.5) is 0 Å². The van der Waals surface area contributed by atoms with Crippen LogP contribution >= 0.6 is 0 Å². The molecule has 0 radical (unpaired) electrons. The maximum atomic E-state index is 12.9. The highest BCUT2D eigenvalue weighted by Gasteiger charge is 2.51. The molecule has 3 unspecified atom stereocenters. The molecule has 11 rings (SSSR count). The predicted molar refractivity (Wildman–Crippen MR) is 278 cm³/mol. The second kappa shape index (κ2) is 19.1. The Kier molecular flexibility index (Phi) is 12.3. The molecule has 0 spiro atoms. The number of aromatic hydroxyl groups is 15. The Bertz CT molecular complexity index is 3780. The minimum absolute atomic E-state index is 0.0235. The number of fused-ring (bicyclic) bond motifs is 3. The number of ether oxygens (including phenoxy) is 3. The van der Waals surface area contributed by atoms with Crippen LogP contribution in [0.5, 0.6) is 103 Å². The first kappa shape index (κ1) is 51.0. The number of rotatable bonds is 8. The molecule has 0 saturated heterocycles. The maximum absolute atomic E-state index is 12.9. The molecule has 0 fully saturated rings. The van der Waals surface area contributed by atoms with Crippen LogP contribution in [0.15, 0.2) is 115 Å². The summed E-state index contributed by atoms with van der Waals surface area (Å²) in [5.74, 6) is -14.7. The fourth-order valence-electron chi connectivity index (χ4n) is 11.1. The van der Waals surface area contributed by atoms with E-state index in [1.807, 2.05) is 0 Å². The number of hydrogen-bond acceptors (Lipinski definition) is 20. The van der Waals surface area contributed by atoms with Crippen molar-refractivity contribution in [1.82, 2.24) is 0 Å². The molecule has 8 aromatic carbocycles. The van der Waals surface area contributed by atoms with E-state index in [-0.39, 0.29) is 62.4 Å². The van der Waals surface area contributed by atoms with Crippen LogP contribution in [0.2, 0.25) is 0 Å². The molecule has 8 aromatic rings. The van der Waals surface area contributed by atoms with Gasteiger partial charge in [0.25, 0.3) is 0 Å². The molecule has 0 aliphatic carbocycles. The molecule has 8 atom stereocenters. The van der Waals surface area contributed by atoms with E-state index in [4.69, 9.17) is 14.2 Å². The minimum atomic E-state index is -2.02. The molecular weight excluding hydrogens is 1030 g/mol. The minimum Gasteiger partial charge on any atom is -0.508 e. The zero-order valence-electron chi connectivity index (χ0n) is 40.8. The number of phenolic OH excluding ortho intramolecular Hbond substituents is 15. The summed E-state index contributed by atoms with van der Waals surface area (Å²) in [6.07, 6.45) is -5.49. The van der Waals surface area contributed by atoms with E-state index in [1.54, 1.807) is 18.2 Å². The first-order valence-corrected chi connectivity index (χ1v) is 24.3. The van der Waals surface area contributed by atoms with E-state index in [0.29, 0.717) is 5.56 Å². The van der Waals surface area contributed by atoms with Crippen LogP contribution in [-0.2, 0) is 0 Å². The van der Waals surface area contributed by atoms with Crippen LogP contribution < -0.4 is 14.2 Å². The lowest BCUT2D eigenvalue weighted by atomic mass is 9.72. The van der Waals surface area contributed by atoms with Crippen molar-refractivity contribution in [2.24, 2.45) is 0 Å². The summed E-state index contributed by atoms with van der Waals surface area (Å²) in [5, 5.41) is 193. The number of aliphatic hydroxyl groups excluding tert-OH is 2. The molecule has 404 valence electrons. The maximum Gasteiger partial charge on any atom is 0.157 e. The van der Waals surface area contributed by atoms with Crippen LogP contribution in [0.1, 0.15) is 104 Å². The van der Waals surface area contributed by atoms with Gasteiger partial charge < -0.3 is 101 Å². The topological polar surface area (TPSA) is 372 Å². The Morgan fingerprint density at radius 3 is 1.25 bits per heavy atom. The Labute approximate surface area is 446 Å². The molecule has 0 amide bonds. The van der Waals surface area contributed by atoms with Crippen molar-refractivity contribution in [3.8, 4) is 103 Å². The van der Waals surface area contributed by atoms with Gasteiger partial charge in [0.1, 0.15) is 87.3 Å². The highest BCUT2D eigenvalue weighted by Crippen LogP contribution is 2.64. The molecule has 3 heterocycles. The third kappa shape index (κ3) is 8.70. The van der Waals surface area contributed by atoms with E-state index in [2.05, 4.69) is 0 Å². The fourth-order valence-corrected chi connectivity index (χ4v) is 11.1. The van der Waals surface area contributed by atoms with Gasteiger partial charge >= 0.3 is 0 Å². The lowest BCUT2D eigenvalue weighted by Crippen LogP contribution is -2.38. The molecule has 3 aliphatic rings. The Morgan fingerprint density at radius 1 is 0.329 bits per heavy atom. The molecular formula is C59H48O20. The molecule has 0 bridgehead atoms. The summed E-state index contributed by atoms with van der Waals surface area (Å²) in [5.41, 5.74) is -0.796. The molecule has 0 aromatic heterocycles. The van der Waals surface area contributed by atoms with Crippen LogP contribution in [0.25, 0.3) is 12.2 Å². The highest BCUT2D eigenvalue weighted by atomic mass is 16.5. The summed E-state index contributed by atoms with van der Waals surface area (Å²) >= 11 is 0.